The third-order valence-electron chi connectivity index (χ3n) is 0.144. The Bertz CT molecular complexity index is 5.25. The minimum Gasteiger partial charge on any atom is -0.0942 e. The molecule has 0 N–H and O–H groups in total. The molecule has 0 aromatic carbocycles. The molecule has 0 heterocycles. The molecule has 2 radical (unpaired) electrons. The molecule has 0 unspecified atom stereocenters. The van der Waals surface area contributed by atoms with Gasteiger partial charge in [-0.1, -0.05) is 19.6 Å². The van der Waals surface area contributed by atoms with Crippen LogP contribution in [0.5, 0.6) is 0 Å². The first-order chi connectivity index (χ1) is 1.91. The van der Waals surface area contributed by atoms with Gasteiger partial charge in [0, 0.05) is 5.75 Å². The molecule has 0 aromatic rings. The van der Waals surface area contributed by atoms with Crippen LogP contribution in [0.3, 0.4) is 0 Å². The van der Waals surface area contributed by atoms with Crippen LogP contribution in [0.2, 0.25) is 0 Å². The highest BCUT2D eigenvalue weighted by molar-refractivity contribution is 7.80. The van der Waals surface area contributed by atoms with Crippen molar-refractivity contribution in [2.45, 2.75) is 6.42 Å². The van der Waals surface area contributed by atoms with Gasteiger partial charge in [0.1, 0.15) is 0 Å². The van der Waals surface area contributed by atoms with E-state index in [1.165, 1.54) is 0 Å². The summed E-state index contributed by atoms with van der Waals surface area (Å²) < 4.78 is 0. The lowest BCUT2D eigenvalue weighted by molar-refractivity contribution is 1.25. The van der Waals surface area contributed by atoms with E-state index in [0.717, 1.165) is 12.2 Å². The second-order valence-electron chi connectivity index (χ2n) is 0.558. The molecule has 4 heavy (non-hydrogen) atoms. The molecule has 0 aliphatic carbocycles. The van der Waals surface area contributed by atoms with Crippen LogP contribution >= 0.6 is 12.6 Å². The fourth-order valence-corrected chi connectivity index (χ4v) is 0. The predicted molar refractivity (Wildman–Crippen MR) is 22.4 cm³/mol. The zero-order chi connectivity index (χ0) is 3.41. The van der Waals surface area contributed by atoms with Gasteiger partial charge in [-0.25, -0.2) is 0 Å². The first-order valence-electron chi connectivity index (χ1n) is 1.29. The summed E-state index contributed by atoms with van der Waals surface area (Å²) in [4.78, 5) is 0. The van der Waals surface area contributed by atoms with Crippen molar-refractivity contribution < 1.29 is 0 Å². The Labute approximate surface area is 32.6 Å². The quantitative estimate of drug-likeness (QED) is 0.441. The lowest BCUT2D eigenvalue weighted by atomic mass is 10.6. The van der Waals surface area contributed by atoms with E-state index in [0.29, 0.717) is 0 Å². The molecule has 24 valence electrons. The van der Waals surface area contributed by atoms with Crippen LogP contribution in [0.4, 0.5) is 0 Å². The van der Waals surface area contributed by atoms with Gasteiger partial charge in [-0.05, 0) is 6.42 Å². The van der Waals surface area contributed by atoms with Gasteiger partial charge in [0.15, 0.2) is 0 Å². The second-order valence-corrected chi connectivity index (χ2v) is 0.966. The standard InChI is InChI=1S/C3H6S/c1-2-3-4/h1-3H2. The van der Waals surface area contributed by atoms with Gasteiger partial charge in [0.25, 0.3) is 0 Å². The second kappa shape index (κ2) is 3.35. The van der Waals surface area contributed by atoms with E-state index in [9.17, 15) is 0 Å². The van der Waals surface area contributed by atoms with Crippen molar-refractivity contribution in [1.29, 1.82) is 0 Å². The SMILES string of the molecule is [CH2]CC[S]. The molecule has 0 spiro atoms. The van der Waals surface area contributed by atoms with E-state index in [2.05, 4.69) is 19.6 Å². The van der Waals surface area contributed by atoms with Gasteiger partial charge in [-0.3, -0.25) is 0 Å². The zero-order valence-corrected chi connectivity index (χ0v) is 3.35. The van der Waals surface area contributed by atoms with E-state index in [4.69, 9.17) is 0 Å². The molecule has 0 amide bonds. The van der Waals surface area contributed by atoms with Crippen LogP contribution in [0.25, 0.3) is 0 Å². The Kier molecular flexibility index (Phi) is 3.64. The topological polar surface area (TPSA) is 0 Å². The molecule has 1 heteroatoms. The summed E-state index contributed by atoms with van der Waals surface area (Å²) in [5.41, 5.74) is 0. The van der Waals surface area contributed by atoms with Crippen LogP contribution in [0, 0.1) is 6.92 Å². The van der Waals surface area contributed by atoms with E-state index in [-0.39, 0.29) is 0 Å². The summed E-state index contributed by atoms with van der Waals surface area (Å²) in [5.74, 6) is 0.792. The van der Waals surface area contributed by atoms with E-state index >= 15 is 0 Å². The molecule has 0 saturated heterocycles. The minimum atomic E-state index is 0.792. The summed E-state index contributed by atoms with van der Waals surface area (Å²) in [6.07, 6.45) is 0.884. The molecule has 0 bridgehead atoms. The number of hydrogen-bond acceptors (Lipinski definition) is 0. The molecule has 0 aliphatic rings. The first kappa shape index (κ1) is 4.35. The van der Waals surface area contributed by atoms with Crippen LogP contribution in [-0.4, -0.2) is 5.75 Å². The fraction of sp³-hybridized carbons (Fsp3) is 0.667. The van der Waals surface area contributed by atoms with E-state index in [1.54, 1.807) is 0 Å². The minimum absolute atomic E-state index is 0.792. The van der Waals surface area contributed by atoms with Crippen LogP contribution < -0.4 is 0 Å². The summed E-state index contributed by atoms with van der Waals surface area (Å²) in [6, 6.07) is 0. The molecule has 0 nitrogen and oxygen atoms in total. The Morgan fingerprint density at radius 2 is 2.00 bits per heavy atom. The van der Waals surface area contributed by atoms with Gasteiger partial charge in [-0.15, -0.1) is 0 Å². The third kappa shape index (κ3) is 2.35. The fourth-order valence-electron chi connectivity index (χ4n) is 0. The van der Waals surface area contributed by atoms with Gasteiger partial charge < -0.3 is 0 Å². The summed E-state index contributed by atoms with van der Waals surface area (Å²) in [5, 5.41) is 0. The molecule has 0 aliphatic heterocycles. The van der Waals surface area contributed by atoms with Gasteiger partial charge in [0.05, 0.1) is 0 Å². The van der Waals surface area contributed by atoms with Crippen molar-refractivity contribution in [3.63, 3.8) is 0 Å². The maximum absolute atomic E-state index is 4.49. The van der Waals surface area contributed by atoms with E-state index in [1.807, 2.05) is 0 Å². The largest absolute Gasteiger partial charge is 0.0942 e. The molecule has 0 saturated carbocycles. The molecule has 0 rings (SSSR count). The monoisotopic (exact) mass is 74.0 g/mol. The van der Waals surface area contributed by atoms with Gasteiger partial charge >= 0.3 is 0 Å². The highest BCUT2D eigenvalue weighted by atomic mass is 32.1. The smallest absolute Gasteiger partial charge is 0.00369 e. The Balaban J connectivity index is 1.97. The van der Waals surface area contributed by atoms with Crippen molar-refractivity contribution in [2.24, 2.45) is 0 Å². The number of hydrogen-bond donors (Lipinski definition) is 0. The average molecular weight is 74.1 g/mol. The molecule has 0 aromatic heterocycles. The van der Waals surface area contributed by atoms with Crippen LogP contribution in [-0.2, 0) is 0 Å². The summed E-state index contributed by atoms with van der Waals surface area (Å²) in [7, 11) is 0. The molecule has 0 atom stereocenters. The summed E-state index contributed by atoms with van der Waals surface area (Å²) >= 11 is 4.49. The maximum Gasteiger partial charge on any atom is 0.00369 e. The first-order valence-corrected chi connectivity index (χ1v) is 1.87. The molecular weight excluding hydrogens is 68.1 g/mol. The summed E-state index contributed by atoms with van der Waals surface area (Å²) in [6.45, 7) is 3.50. The Morgan fingerprint density at radius 3 is 2.00 bits per heavy atom. The third-order valence-corrected chi connectivity index (χ3v) is 0.433. The average Bonchev–Trinajstić information content (AvgIpc) is 1.37. The Hall–Kier alpha value is 0.350. The number of rotatable bonds is 1. The molecule has 0 fully saturated rings. The van der Waals surface area contributed by atoms with E-state index < -0.39 is 0 Å². The lowest BCUT2D eigenvalue weighted by Crippen LogP contribution is -1.56. The van der Waals surface area contributed by atoms with Crippen molar-refractivity contribution >= 4 is 12.6 Å². The Morgan fingerprint density at radius 1 is 1.75 bits per heavy atom. The van der Waals surface area contributed by atoms with Crippen molar-refractivity contribution in [3.8, 4) is 0 Å². The van der Waals surface area contributed by atoms with Crippen LogP contribution in [0.15, 0.2) is 0 Å². The normalized spacial score (nSPS) is 7.50. The van der Waals surface area contributed by atoms with Gasteiger partial charge in [0.2, 0.25) is 0 Å². The highest BCUT2D eigenvalue weighted by Crippen LogP contribution is 1.73. The van der Waals surface area contributed by atoms with Gasteiger partial charge in [-0.2, -0.15) is 0 Å². The molecular formula is C3H6S. The lowest BCUT2D eigenvalue weighted by Gasteiger charge is -1.65. The van der Waals surface area contributed by atoms with Crippen molar-refractivity contribution in [1.82, 2.24) is 0 Å². The predicted octanol–water partition coefficient (Wildman–Crippen LogP) is 1.41. The highest BCUT2D eigenvalue weighted by Gasteiger charge is 1.59. The van der Waals surface area contributed by atoms with Crippen molar-refractivity contribution in [3.05, 3.63) is 6.92 Å². The zero-order valence-electron chi connectivity index (χ0n) is 2.53. The van der Waals surface area contributed by atoms with Crippen LogP contribution in [0.1, 0.15) is 6.42 Å². The van der Waals surface area contributed by atoms with Crippen molar-refractivity contribution in [2.75, 3.05) is 5.75 Å². The maximum atomic E-state index is 4.49.